The minimum Gasteiger partial charge on any atom is -0.404 e. The number of nitrogens with one attached hydrogen (secondary N) is 1. The van der Waals surface area contributed by atoms with Crippen molar-refractivity contribution in [2.45, 2.75) is 117 Å². The molecule has 2 bridgehead atoms. The molecular weight excluding hydrogens is 429 g/mol. The Morgan fingerprint density at radius 3 is 2.44 bits per heavy atom. The summed E-state index contributed by atoms with van der Waals surface area (Å²) in [5, 5.41) is 3.22. The van der Waals surface area contributed by atoms with Crippen molar-refractivity contribution in [2.75, 3.05) is 6.54 Å². The zero-order valence-corrected chi connectivity index (χ0v) is 22.5. The van der Waals surface area contributed by atoms with Crippen LogP contribution in [-0.4, -0.2) is 59.6 Å². The first-order chi connectivity index (χ1) is 15.8. The monoisotopic (exact) mass is 475 g/mol. The summed E-state index contributed by atoms with van der Waals surface area (Å²) in [7, 11) is -0.461. The van der Waals surface area contributed by atoms with Gasteiger partial charge in [-0.05, 0) is 68.1 Å². The van der Waals surface area contributed by atoms with Crippen LogP contribution in [0.25, 0.3) is 0 Å². The lowest BCUT2D eigenvalue weighted by molar-refractivity contribution is -0.199. The minimum absolute atomic E-state index is 0.0241. The van der Waals surface area contributed by atoms with E-state index in [0.29, 0.717) is 37.6 Å². The number of nitrogens with zero attached hydrogens (tertiary/aromatic N) is 1. The summed E-state index contributed by atoms with van der Waals surface area (Å²) in [5.74, 6) is 0.967. The van der Waals surface area contributed by atoms with Crippen LogP contribution < -0.4 is 11.1 Å². The molecule has 192 valence electrons. The van der Waals surface area contributed by atoms with Crippen molar-refractivity contribution in [1.82, 2.24) is 10.2 Å². The van der Waals surface area contributed by atoms with Crippen LogP contribution in [0, 0.1) is 29.1 Å². The van der Waals surface area contributed by atoms with Gasteiger partial charge in [-0.3, -0.25) is 9.59 Å². The molecule has 0 spiro atoms. The number of likely N-dealkylation sites (tertiary alicyclic amines) is 1. The van der Waals surface area contributed by atoms with Gasteiger partial charge in [0.2, 0.25) is 11.8 Å². The third-order valence-electron chi connectivity index (χ3n) is 9.89. The van der Waals surface area contributed by atoms with Crippen molar-refractivity contribution in [2.24, 2.45) is 34.8 Å². The molecule has 34 heavy (non-hydrogen) atoms. The normalized spacial score (nSPS) is 38.2. The average Bonchev–Trinajstić information content (AvgIpc) is 3.26. The highest BCUT2D eigenvalue weighted by atomic mass is 16.7. The standard InChI is InChI=1S/C26H46BN3O4/c1-9-21(27-33-20-14-17-13-19(24(17,6)7)25(20,8)34-27)29-22(31)18(12-15(2)3)30-11-10-26(28,16(4)5)23(30)32/h15-21H,9-14,28H2,1-8H3,(H,29,31)/t17?,18-,19?,20?,21?,25?,26?/m1/s1. The first kappa shape index (κ1) is 26.0. The Hall–Kier alpha value is -1.12. The molecule has 2 heterocycles. The van der Waals surface area contributed by atoms with Crippen LogP contribution in [0.5, 0.6) is 0 Å². The fourth-order valence-corrected chi connectivity index (χ4v) is 7.15. The van der Waals surface area contributed by atoms with E-state index in [1.165, 1.54) is 6.42 Å². The largest absolute Gasteiger partial charge is 0.481 e. The van der Waals surface area contributed by atoms with Crippen LogP contribution >= 0.6 is 0 Å². The average molecular weight is 475 g/mol. The third-order valence-corrected chi connectivity index (χ3v) is 9.89. The molecule has 2 saturated heterocycles. The number of carbonyl (C=O) groups is 2. The molecule has 7 nitrogen and oxygen atoms in total. The molecule has 8 heteroatoms. The van der Waals surface area contributed by atoms with Gasteiger partial charge >= 0.3 is 7.12 Å². The first-order valence-electron chi connectivity index (χ1n) is 13.5. The van der Waals surface area contributed by atoms with Gasteiger partial charge in [0.05, 0.1) is 23.2 Å². The lowest BCUT2D eigenvalue weighted by Crippen LogP contribution is -2.65. The summed E-state index contributed by atoms with van der Waals surface area (Å²) < 4.78 is 13.1. The van der Waals surface area contributed by atoms with E-state index < -0.39 is 18.7 Å². The fourth-order valence-electron chi connectivity index (χ4n) is 7.15. The third kappa shape index (κ3) is 3.92. The lowest BCUT2D eigenvalue weighted by atomic mass is 9.43. The molecule has 3 aliphatic carbocycles. The van der Waals surface area contributed by atoms with Crippen LogP contribution in [0.3, 0.4) is 0 Å². The SMILES string of the molecule is CCC(NC(=O)[C@@H](CC(C)C)N1CCC(N)(C(C)C)C1=O)B1OC2CC3CC(C3(C)C)C2(C)O1. The van der Waals surface area contributed by atoms with Crippen LogP contribution in [-0.2, 0) is 18.9 Å². The minimum atomic E-state index is -0.894. The molecule has 7 atom stereocenters. The maximum Gasteiger partial charge on any atom is 0.481 e. The van der Waals surface area contributed by atoms with E-state index in [2.05, 4.69) is 39.9 Å². The second-order valence-corrected chi connectivity index (χ2v) is 12.9. The van der Waals surface area contributed by atoms with Crippen molar-refractivity contribution in [3.8, 4) is 0 Å². The maximum absolute atomic E-state index is 13.6. The Labute approximate surface area is 206 Å². The number of carbonyl (C=O) groups excluding carboxylic acids is 2. The van der Waals surface area contributed by atoms with E-state index in [1.54, 1.807) is 4.90 Å². The van der Waals surface area contributed by atoms with E-state index in [-0.39, 0.29) is 46.7 Å². The van der Waals surface area contributed by atoms with Gasteiger partial charge in [0.1, 0.15) is 6.04 Å². The molecule has 6 unspecified atom stereocenters. The molecular formula is C26H46BN3O4. The zero-order valence-electron chi connectivity index (χ0n) is 22.5. The lowest BCUT2D eigenvalue weighted by Gasteiger charge is -2.64. The number of hydrogen-bond acceptors (Lipinski definition) is 5. The Morgan fingerprint density at radius 1 is 1.24 bits per heavy atom. The number of hydrogen-bond donors (Lipinski definition) is 2. The quantitative estimate of drug-likeness (QED) is 0.526. The second-order valence-electron chi connectivity index (χ2n) is 12.9. The molecule has 3 N–H and O–H groups in total. The Kier molecular flexibility index (Phi) is 6.70. The molecule has 0 aromatic rings. The highest BCUT2D eigenvalue weighted by molar-refractivity contribution is 6.47. The van der Waals surface area contributed by atoms with Crippen molar-refractivity contribution < 1.29 is 18.9 Å². The fraction of sp³-hybridized carbons (Fsp3) is 0.923. The van der Waals surface area contributed by atoms with Crippen molar-refractivity contribution >= 4 is 18.9 Å². The number of nitrogens with two attached hydrogens (primary N) is 1. The Balaban J connectivity index is 1.48. The molecule has 0 aromatic carbocycles. The first-order valence-corrected chi connectivity index (χ1v) is 13.5. The Morgan fingerprint density at radius 2 is 1.91 bits per heavy atom. The summed E-state index contributed by atoms with van der Waals surface area (Å²) in [4.78, 5) is 28.6. The summed E-state index contributed by atoms with van der Waals surface area (Å²) in [5.41, 5.74) is 5.57. The molecule has 0 aromatic heterocycles. The predicted molar refractivity (Wildman–Crippen MR) is 134 cm³/mol. The van der Waals surface area contributed by atoms with Crippen LogP contribution in [0.2, 0.25) is 0 Å². The molecule has 2 amide bonds. The summed E-state index contributed by atoms with van der Waals surface area (Å²) in [6.07, 6.45) is 4.18. The van der Waals surface area contributed by atoms with Crippen molar-refractivity contribution in [1.29, 1.82) is 0 Å². The molecule has 3 saturated carbocycles. The van der Waals surface area contributed by atoms with E-state index in [9.17, 15) is 9.59 Å². The van der Waals surface area contributed by atoms with Gasteiger partial charge in [-0.15, -0.1) is 0 Å². The zero-order chi connectivity index (χ0) is 25.2. The predicted octanol–water partition coefficient (Wildman–Crippen LogP) is 3.15. The smallest absolute Gasteiger partial charge is 0.404 e. The highest BCUT2D eigenvalue weighted by Crippen LogP contribution is 2.65. The molecule has 2 aliphatic heterocycles. The van der Waals surface area contributed by atoms with Gasteiger partial charge in [0.15, 0.2) is 0 Å². The van der Waals surface area contributed by atoms with Crippen LogP contribution in [0.1, 0.15) is 87.5 Å². The van der Waals surface area contributed by atoms with Crippen LogP contribution in [0.4, 0.5) is 0 Å². The van der Waals surface area contributed by atoms with Gasteiger partial charge in [-0.2, -0.15) is 0 Å². The van der Waals surface area contributed by atoms with Gasteiger partial charge in [-0.25, -0.2) is 0 Å². The highest BCUT2D eigenvalue weighted by Gasteiger charge is 2.68. The van der Waals surface area contributed by atoms with E-state index in [1.807, 2.05) is 20.8 Å². The summed E-state index contributed by atoms with van der Waals surface area (Å²) in [6.45, 7) is 17.6. The summed E-state index contributed by atoms with van der Waals surface area (Å²) >= 11 is 0. The van der Waals surface area contributed by atoms with Crippen LogP contribution in [0.15, 0.2) is 0 Å². The van der Waals surface area contributed by atoms with Gasteiger partial charge < -0.3 is 25.3 Å². The number of amides is 2. The maximum atomic E-state index is 13.6. The van der Waals surface area contributed by atoms with E-state index in [4.69, 9.17) is 15.0 Å². The van der Waals surface area contributed by atoms with Crippen molar-refractivity contribution in [3.63, 3.8) is 0 Å². The second kappa shape index (κ2) is 8.77. The van der Waals surface area contributed by atoms with Gasteiger partial charge in [0.25, 0.3) is 0 Å². The Bertz CT molecular complexity index is 820. The van der Waals surface area contributed by atoms with E-state index >= 15 is 0 Å². The number of rotatable bonds is 8. The van der Waals surface area contributed by atoms with Gasteiger partial charge in [-0.1, -0.05) is 48.5 Å². The molecule has 5 fully saturated rings. The van der Waals surface area contributed by atoms with Gasteiger partial charge in [0, 0.05) is 6.54 Å². The molecule has 5 rings (SSSR count). The molecule has 0 radical (unpaired) electrons. The summed E-state index contributed by atoms with van der Waals surface area (Å²) in [6, 6.07) is -0.531. The van der Waals surface area contributed by atoms with E-state index in [0.717, 1.165) is 6.42 Å². The topological polar surface area (TPSA) is 93.9 Å². The molecule has 5 aliphatic rings. The van der Waals surface area contributed by atoms with Crippen molar-refractivity contribution in [3.05, 3.63) is 0 Å².